The van der Waals surface area contributed by atoms with Crippen molar-refractivity contribution in [2.75, 3.05) is 19.7 Å². The molecule has 0 spiro atoms. The number of likely N-dealkylation sites (tertiary alicyclic amines) is 1. The molecule has 0 saturated carbocycles. The van der Waals surface area contributed by atoms with Crippen LogP contribution in [0.5, 0.6) is 0 Å². The topological polar surface area (TPSA) is 71.8 Å². The van der Waals surface area contributed by atoms with Gasteiger partial charge in [-0.1, -0.05) is 0 Å². The van der Waals surface area contributed by atoms with Crippen molar-refractivity contribution in [3.63, 3.8) is 0 Å². The molecule has 21 heavy (non-hydrogen) atoms. The number of carboxylic acid groups (broad SMARTS) is 1. The van der Waals surface area contributed by atoms with E-state index in [-0.39, 0.29) is 18.6 Å². The Labute approximate surface area is 131 Å². The van der Waals surface area contributed by atoms with Crippen LogP contribution in [0.1, 0.15) is 37.3 Å². The fourth-order valence-electron chi connectivity index (χ4n) is 2.44. The van der Waals surface area contributed by atoms with Crippen LogP contribution >= 0.6 is 15.9 Å². The molecule has 2 heterocycles. The van der Waals surface area contributed by atoms with Crippen LogP contribution in [0.15, 0.2) is 16.7 Å². The van der Waals surface area contributed by atoms with Crippen LogP contribution in [-0.4, -0.2) is 51.7 Å². The summed E-state index contributed by atoms with van der Waals surface area (Å²) in [5.41, 5.74) is 0.0535. The fourth-order valence-corrected chi connectivity index (χ4v) is 2.88. The molecule has 0 aromatic carbocycles. The van der Waals surface area contributed by atoms with Crippen LogP contribution in [0.2, 0.25) is 0 Å². The molecule has 0 bridgehead atoms. The molecule has 6 nitrogen and oxygen atoms in total. The summed E-state index contributed by atoms with van der Waals surface area (Å²) >= 11 is 3.39. The number of hydrogen-bond donors (Lipinski definition) is 1. The summed E-state index contributed by atoms with van der Waals surface area (Å²) in [4.78, 5) is 24.7. The van der Waals surface area contributed by atoms with E-state index < -0.39 is 11.6 Å². The third kappa shape index (κ3) is 3.47. The van der Waals surface area contributed by atoms with Gasteiger partial charge in [-0.2, -0.15) is 0 Å². The SMILES string of the molecule is CC(C)n1cc(Br)cc1C(=O)N1CC(C)(OCC(=O)O)C1. The summed E-state index contributed by atoms with van der Waals surface area (Å²) in [6, 6.07) is 1.99. The van der Waals surface area contributed by atoms with Crippen LogP contribution in [0, 0.1) is 0 Å². The molecule has 1 fully saturated rings. The Balaban J connectivity index is 2.02. The lowest BCUT2D eigenvalue weighted by molar-refractivity contribution is -0.160. The van der Waals surface area contributed by atoms with Gasteiger partial charge in [-0.25, -0.2) is 4.79 Å². The number of aromatic nitrogens is 1. The molecule has 2 rings (SSSR count). The second kappa shape index (κ2) is 5.81. The van der Waals surface area contributed by atoms with Crippen LogP contribution in [-0.2, 0) is 9.53 Å². The van der Waals surface area contributed by atoms with Gasteiger partial charge in [-0.15, -0.1) is 0 Å². The van der Waals surface area contributed by atoms with Crippen LogP contribution in [0.3, 0.4) is 0 Å². The number of hydrogen-bond acceptors (Lipinski definition) is 3. The Bertz CT molecular complexity index is 561. The average Bonchev–Trinajstić information content (AvgIpc) is 2.74. The third-order valence-electron chi connectivity index (χ3n) is 3.47. The zero-order valence-electron chi connectivity index (χ0n) is 12.3. The smallest absolute Gasteiger partial charge is 0.329 e. The Morgan fingerprint density at radius 3 is 2.62 bits per heavy atom. The highest BCUT2D eigenvalue weighted by molar-refractivity contribution is 9.10. The minimum absolute atomic E-state index is 0.0641. The van der Waals surface area contributed by atoms with Crippen molar-refractivity contribution in [3.8, 4) is 0 Å². The summed E-state index contributed by atoms with van der Waals surface area (Å²) < 4.78 is 8.10. The van der Waals surface area contributed by atoms with Crippen LogP contribution in [0.25, 0.3) is 0 Å². The highest BCUT2D eigenvalue weighted by Crippen LogP contribution is 2.28. The number of amides is 1. The summed E-state index contributed by atoms with van der Waals surface area (Å²) in [5.74, 6) is -1.07. The van der Waals surface area contributed by atoms with Crippen molar-refractivity contribution in [3.05, 3.63) is 22.4 Å². The van der Waals surface area contributed by atoms with E-state index in [0.29, 0.717) is 18.8 Å². The predicted molar refractivity (Wildman–Crippen MR) is 80.4 cm³/mol. The number of ether oxygens (including phenoxy) is 1. The summed E-state index contributed by atoms with van der Waals surface area (Å²) in [6.07, 6.45) is 1.89. The van der Waals surface area contributed by atoms with E-state index in [9.17, 15) is 9.59 Å². The molecule has 7 heteroatoms. The molecule has 1 aromatic rings. The molecule has 1 amide bonds. The fraction of sp³-hybridized carbons (Fsp3) is 0.571. The van der Waals surface area contributed by atoms with Gasteiger partial charge in [-0.05, 0) is 42.8 Å². The quantitative estimate of drug-likeness (QED) is 0.875. The second-order valence-electron chi connectivity index (χ2n) is 5.84. The van der Waals surface area contributed by atoms with Crippen molar-refractivity contribution < 1.29 is 19.4 Å². The number of carboxylic acids is 1. The Morgan fingerprint density at radius 1 is 1.48 bits per heavy atom. The Hall–Kier alpha value is -1.34. The maximum Gasteiger partial charge on any atom is 0.329 e. The monoisotopic (exact) mass is 358 g/mol. The highest BCUT2D eigenvalue weighted by atomic mass is 79.9. The first kappa shape index (κ1) is 16.0. The minimum atomic E-state index is -1.00. The number of halogens is 1. The number of nitrogens with zero attached hydrogens (tertiary/aromatic N) is 2. The molecule has 0 atom stereocenters. The van der Waals surface area contributed by atoms with E-state index in [1.165, 1.54) is 0 Å². The van der Waals surface area contributed by atoms with Crippen molar-refractivity contribution in [2.24, 2.45) is 0 Å². The van der Waals surface area contributed by atoms with Gasteiger partial charge in [0.15, 0.2) is 0 Å². The van der Waals surface area contributed by atoms with Crippen LogP contribution < -0.4 is 0 Å². The number of carbonyl (C=O) groups excluding carboxylic acids is 1. The number of rotatable bonds is 5. The zero-order valence-corrected chi connectivity index (χ0v) is 13.9. The molecular formula is C14H19BrN2O4. The van der Waals surface area contributed by atoms with E-state index in [2.05, 4.69) is 15.9 Å². The highest BCUT2D eigenvalue weighted by Gasteiger charge is 2.43. The molecule has 0 unspecified atom stereocenters. The molecule has 0 radical (unpaired) electrons. The van der Waals surface area contributed by atoms with Gasteiger partial charge in [-0.3, -0.25) is 4.79 Å². The lowest BCUT2D eigenvalue weighted by atomic mass is 9.96. The first-order valence-electron chi connectivity index (χ1n) is 6.74. The van der Waals surface area contributed by atoms with Crippen molar-refractivity contribution in [1.82, 2.24) is 9.47 Å². The number of aliphatic carboxylic acids is 1. The van der Waals surface area contributed by atoms with Gasteiger partial charge in [0.1, 0.15) is 17.9 Å². The molecule has 1 aliphatic rings. The van der Waals surface area contributed by atoms with E-state index in [0.717, 1.165) is 4.47 Å². The van der Waals surface area contributed by atoms with Gasteiger partial charge in [0.05, 0.1) is 13.1 Å². The van der Waals surface area contributed by atoms with Crippen molar-refractivity contribution in [2.45, 2.75) is 32.4 Å². The first-order valence-corrected chi connectivity index (χ1v) is 7.53. The van der Waals surface area contributed by atoms with Gasteiger partial charge in [0.25, 0.3) is 5.91 Å². The Morgan fingerprint density at radius 2 is 2.10 bits per heavy atom. The molecule has 1 aromatic heterocycles. The second-order valence-corrected chi connectivity index (χ2v) is 6.75. The van der Waals surface area contributed by atoms with Gasteiger partial charge in [0.2, 0.25) is 0 Å². The van der Waals surface area contributed by atoms with Crippen molar-refractivity contribution in [1.29, 1.82) is 0 Å². The largest absolute Gasteiger partial charge is 0.480 e. The lowest BCUT2D eigenvalue weighted by Crippen LogP contribution is -2.63. The summed E-state index contributed by atoms with van der Waals surface area (Å²) in [6.45, 7) is 6.31. The van der Waals surface area contributed by atoms with Gasteiger partial charge < -0.3 is 19.3 Å². The normalized spacial score (nSPS) is 16.9. The third-order valence-corrected chi connectivity index (χ3v) is 3.91. The first-order chi connectivity index (χ1) is 9.72. The van der Waals surface area contributed by atoms with E-state index in [1.54, 1.807) is 11.0 Å². The zero-order chi connectivity index (χ0) is 15.8. The van der Waals surface area contributed by atoms with E-state index in [4.69, 9.17) is 9.84 Å². The summed E-state index contributed by atoms with van der Waals surface area (Å²) in [7, 11) is 0. The molecule has 1 aliphatic heterocycles. The van der Waals surface area contributed by atoms with E-state index in [1.807, 2.05) is 31.5 Å². The minimum Gasteiger partial charge on any atom is -0.480 e. The summed E-state index contributed by atoms with van der Waals surface area (Å²) in [5, 5.41) is 8.64. The average molecular weight is 359 g/mol. The van der Waals surface area contributed by atoms with E-state index >= 15 is 0 Å². The molecule has 116 valence electrons. The van der Waals surface area contributed by atoms with Crippen molar-refractivity contribution >= 4 is 27.8 Å². The predicted octanol–water partition coefficient (Wildman–Crippen LogP) is 2.15. The maximum absolute atomic E-state index is 12.5. The number of carbonyl (C=O) groups is 2. The maximum atomic E-state index is 12.5. The van der Waals surface area contributed by atoms with Gasteiger partial charge >= 0.3 is 5.97 Å². The van der Waals surface area contributed by atoms with Crippen LogP contribution in [0.4, 0.5) is 0 Å². The molecular weight excluding hydrogens is 340 g/mol. The molecule has 1 N–H and O–H groups in total. The Kier molecular flexibility index (Phi) is 4.43. The lowest BCUT2D eigenvalue weighted by Gasteiger charge is -2.47. The van der Waals surface area contributed by atoms with Gasteiger partial charge in [0, 0.05) is 16.7 Å². The standard InChI is InChI=1S/C14H19BrN2O4/c1-9(2)17-5-10(15)4-11(17)13(20)16-7-14(3,8-16)21-6-12(18)19/h4-5,9H,6-8H2,1-3H3,(H,18,19). The molecule has 0 aliphatic carbocycles. The molecule has 1 saturated heterocycles.